The highest BCUT2D eigenvalue weighted by Gasteiger charge is 2.41. The van der Waals surface area contributed by atoms with E-state index >= 15 is 0 Å². The first-order chi connectivity index (χ1) is 18.1. The Morgan fingerprint density at radius 3 is 1.53 bits per heavy atom. The highest BCUT2D eigenvalue weighted by atomic mass is 32.2. The molecule has 0 radical (unpaired) electrons. The zero-order valence-corrected chi connectivity index (χ0v) is 25.2. The number of nitrogens with one attached hydrogen (secondary N) is 2. The summed E-state index contributed by atoms with van der Waals surface area (Å²) in [5.41, 5.74) is 1.67. The number of amides is 4. The molecule has 0 saturated carbocycles. The first kappa shape index (κ1) is 28.8. The number of rotatable bonds is 10. The summed E-state index contributed by atoms with van der Waals surface area (Å²) >= 11 is 15.6. The molecule has 38 heavy (non-hydrogen) atoms. The van der Waals surface area contributed by atoms with E-state index in [-0.39, 0.29) is 59.4 Å². The Hall–Kier alpha value is -2.24. The number of thioether (sulfide) groups is 2. The third-order valence-electron chi connectivity index (χ3n) is 5.21. The lowest BCUT2D eigenvalue weighted by atomic mass is 10.2. The van der Waals surface area contributed by atoms with Gasteiger partial charge in [-0.05, 0) is 26.7 Å². The number of thiocarbonyl (C=S) groups is 2. The van der Waals surface area contributed by atoms with Gasteiger partial charge in [-0.2, -0.15) is 0 Å². The van der Waals surface area contributed by atoms with Gasteiger partial charge in [-0.3, -0.25) is 29.0 Å². The molecular formula is C22H22N6O4S6. The third-order valence-corrected chi connectivity index (χ3v) is 9.98. The second-order valence-corrected chi connectivity index (χ2v) is 13.2. The third kappa shape index (κ3) is 7.04. The monoisotopic (exact) mass is 626 g/mol. The minimum Gasteiger partial charge on any atom is -0.302 e. The largest absolute Gasteiger partial charge is 0.302 e. The van der Waals surface area contributed by atoms with Crippen LogP contribution in [0, 0.1) is 13.8 Å². The van der Waals surface area contributed by atoms with Crippen LogP contribution < -0.4 is 10.6 Å². The number of hydrogen-bond donors (Lipinski definition) is 2. The Bertz CT molecular complexity index is 1250. The van der Waals surface area contributed by atoms with Crippen molar-refractivity contribution in [1.29, 1.82) is 0 Å². The van der Waals surface area contributed by atoms with Gasteiger partial charge in [-0.25, -0.2) is 9.97 Å². The molecule has 200 valence electrons. The average Bonchev–Trinajstić information content (AvgIpc) is 3.59. The first-order valence-electron chi connectivity index (χ1n) is 11.4. The molecule has 2 fully saturated rings. The molecule has 4 heterocycles. The van der Waals surface area contributed by atoms with Crippen LogP contribution in [-0.2, 0) is 19.2 Å². The zero-order chi connectivity index (χ0) is 27.4. The maximum absolute atomic E-state index is 13.1. The van der Waals surface area contributed by atoms with Crippen LogP contribution in [0.2, 0.25) is 0 Å². The van der Waals surface area contributed by atoms with Gasteiger partial charge in [0.1, 0.15) is 8.64 Å². The second kappa shape index (κ2) is 12.7. The zero-order valence-electron chi connectivity index (χ0n) is 20.3. The lowest BCUT2D eigenvalue weighted by Gasteiger charge is -2.14. The van der Waals surface area contributed by atoms with Crippen molar-refractivity contribution in [3.8, 4) is 0 Å². The summed E-state index contributed by atoms with van der Waals surface area (Å²) in [6.45, 7) is 4.21. The quantitative estimate of drug-likeness (QED) is 0.292. The fraction of sp³-hybridized carbons (Fsp3) is 0.364. The van der Waals surface area contributed by atoms with Crippen molar-refractivity contribution in [3.63, 3.8) is 0 Å². The first-order valence-corrected chi connectivity index (χ1v) is 15.6. The molecule has 0 spiro atoms. The van der Waals surface area contributed by atoms with Crippen LogP contribution >= 0.6 is 70.6 Å². The van der Waals surface area contributed by atoms with E-state index in [0.29, 0.717) is 31.7 Å². The summed E-state index contributed by atoms with van der Waals surface area (Å²) in [5, 5.41) is 10.2. The van der Waals surface area contributed by atoms with Gasteiger partial charge in [-0.15, -0.1) is 22.7 Å². The molecule has 0 bridgehead atoms. The van der Waals surface area contributed by atoms with Crippen molar-refractivity contribution in [2.75, 3.05) is 23.7 Å². The Morgan fingerprint density at radius 1 is 0.789 bits per heavy atom. The average molecular weight is 627 g/mol. The van der Waals surface area contributed by atoms with Gasteiger partial charge in [0.05, 0.1) is 21.2 Å². The predicted molar refractivity (Wildman–Crippen MR) is 160 cm³/mol. The van der Waals surface area contributed by atoms with E-state index in [1.807, 2.05) is 24.6 Å². The highest BCUT2D eigenvalue weighted by molar-refractivity contribution is 8.29. The smallest absolute Gasteiger partial charge is 0.267 e. The summed E-state index contributed by atoms with van der Waals surface area (Å²) in [6, 6.07) is 0. The number of hydrogen-bond acceptors (Lipinski definition) is 12. The summed E-state index contributed by atoms with van der Waals surface area (Å²) in [6.07, 6.45) is 1.20. The molecule has 2 aromatic rings. The highest BCUT2D eigenvalue weighted by Crippen LogP contribution is 2.42. The Morgan fingerprint density at radius 2 is 1.18 bits per heavy atom. The van der Waals surface area contributed by atoms with Gasteiger partial charge in [0.25, 0.3) is 11.8 Å². The van der Waals surface area contributed by atoms with E-state index in [0.717, 1.165) is 34.9 Å². The van der Waals surface area contributed by atoms with E-state index in [2.05, 4.69) is 20.6 Å². The number of carbonyl (C=O) groups excluding carboxylic acids is 4. The number of aryl methyl sites for hydroxylation is 2. The van der Waals surface area contributed by atoms with E-state index < -0.39 is 0 Å². The van der Waals surface area contributed by atoms with Gasteiger partial charge < -0.3 is 10.6 Å². The van der Waals surface area contributed by atoms with Crippen LogP contribution in [0.5, 0.6) is 0 Å². The molecule has 0 atom stereocenters. The van der Waals surface area contributed by atoms with Crippen molar-refractivity contribution in [1.82, 2.24) is 19.8 Å². The molecule has 0 aliphatic carbocycles. The lowest BCUT2D eigenvalue weighted by Crippen LogP contribution is -2.31. The number of aromatic nitrogens is 2. The normalized spacial score (nSPS) is 17.6. The Balaban J connectivity index is 1.27. The standard InChI is InChI=1S/C22H22N6O4S6/c1-11-9-35-19(23-11)25-13(29)5-3-7-27-17(31)15(37-21(27)33)16-18(32)28(22(34)38-16)8-4-6-14(30)26-20-24-12(2)10-36-20/h9-10H,3-8H2,1-2H3,(H,23,25,29)(H,24,26,30). The van der Waals surface area contributed by atoms with Crippen LogP contribution in [0.1, 0.15) is 37.1 Å². The van der Waals surface area contributed by atoms with Crippen molar-refractivity contribution in [2.45, 2.75) is 39.5 Å². The van der Waals surface area contributed by atoms with Crippen molar-refractivity contribution < 1.29 is 19.2 Å². The fourth-order valence-electron chi connectivity index (χ4n) is 3.44. The molecule has 10 nitrogen and oxygen atoms in total. The van der Waals surface area contributed by atoms with Crippen molar-refractivity contribution in [3.05, 3.63) is 32.0 Å². The van der Waals surface area contributed by atoms with Gasteiger partial charge in [-0.1, -0.05) is 48.0 Å². The van der Waals surface area contributed by atoms with Gasteiger partial charge in [0.2, 0.25) is 11.8 Å². The summed E-state index contributed by atoms with van der Waals surface area (Å²) in [7, 11) is 0. The number of anilines is 2. The molecule has 2 aliphatic rings. The van der Waals surface area contributed by atoms with Crippen LogP contribution in [0.25, 0.3) is 0 Å². The molecule has 2 aromatic heterocycles. The maximum atomic E-state index is 13.1. The molecule has 2 N–H and O–H groups in total. The topological polar surface area (TPSA) is 125 Å². The Labute approximate surface area is 246 Å². The summed E-state index contributed by atoms with van der Waals surface area (Å²) in [5.74, 6) is -1.12. The van der Waals surface area contributed by atoms with Crippen molar-refractivity contribution in [2.24, 2.45) is 0 Å². The fourth-order valence-corrected chi connectivity index (χ4v) is 7.62. The van der Waals surface area contributed by atoms with Crippen LogP contribution in [0.4, 0.5) is 10.3 Å². The molecule has 0 aromatic carbocycles. The SMILES string of the molecule is Cc1csc(NC(=O)CCCN2C(=O)C(=C3SC(=S)N(CCCC(=O)Nc4nc(C)cs4)C3=O)SC2=S)n1. The summed E-state index contributed by atoms with van der Waals surface area (Å²) < 4.78 is 0.667. The minimum absolute atomic E-state index is 0.193. The summed E-state index contributed by atoms with van der Waals surface area (Å²) in [4.78, 5) is 62.2. The molecule has 4 amide bonds. The molecule has 0 unspecified atom stereocenters. The molecular weight excluding hydrogens is 605 g/mol. The maximum Gasteiger partial charge on any atom is 0.267 e. The second-order valence-electron chi connectivity index (χ2n) is 8.20. The van der Waals surface area contributed by atoms with Gasteiger partial charge in [0, 0.05) is 36.7 Å². The van der Waals surface area contributed by atoms with E-state index in [9.17, 15) is 19.2 Å². The van der Waals surface area contributed by atoms with Crippen molar-refractivity contribution >= 4 is 113 Å². The van der Waals surface area contributed by atoms with Gasteiger partial charge in [0.15, 0.2) is 10.3 Å². The van der Waals surface area contributed by atoms with Gasteiger partial charge >= 0.3 is 0 Å². The molecule has 2 aliphatic heterocycles. The lowest BCUT2D eigenvalue weighted by molar-refractivity contribution is -0.124. The number of thiazole rings is 2. The predicted octanol–water partition coefficient (Wildman–Crippen LogP) is 4.29. The van der Waals surface area contributed by atoms with E-state index in [1.54, 1.807) is 0 Å². The van der Waals surface area contributed by atoms with Crippen LogP contribution in [0.15, 0.2) is 20.6 Å². The van der Waals surface area contributed by atoms with Crippen LogP contribution in [-0.4, -0.2) is 65.1 Å². The minimum atomic E-state index is -0.366. The van der Waals surface area contributed by atoms with Crippen LogP contribution in [0.3, 0.4) is 0 Å². The Kier molecular flexibility index (Phi) is 9.64. The van der Waals surface area contributed by atoms with E-state index in [4.69, 9.17) is 24.4 Å². The molecule has 2 saturated heterocycles. The van der Waals surface area contributed by atoms with E-state index in [1.165, 1.54) is 32.5 Å². The number of carbonyl (C=O) groups is 4. The molecule has 16 heteroatoms. The number of nitrogens with zero attached hydrogens (tertiary/aromatic N) is 4. The molecule has 4 rings (SSSR count).